The maximum atomic E-state index is 6.19. The molecule has 19 heavy (non-hydrogen) atoms. The lowest BCUT2D eigenvalue weighted by molar-refractivity contribution is 0.410. The zero-order valence-electron chi connectivity index (χ0n) is 11.0. The number of hydrogen-bond donors (Lipinski definition) is 2. The van der Waals surface area contributed by atoms with Crippen LogP contribution in [0.2, 0.25) is 5.02 Å². The summed E-state index contributed by atoms with van der Waals surface area (Å²) in [6, 6.07) is 11.5. The molecule has 0 unspecified atom stereocenters. The number of rotatable bonds is 4. The van der Waals surface area contributed by atoms with E-state index in [1.165, 1.54) is 0 Å². The van der Waals surface area contributed by atoms with Gasteiger partial charge in [-0.25, -0.2) is 0 Å². The summed E-state index contributed by atoms with van der Waals surface area (Å²) >= 11 is 6.19. The first-order chi connectivity index (χ1) is 9.11. The van der Waals surface area contributed by atoms with E-state index in [2.05, 4.69) is 5.32 Å². The second-order valence-corrected chi connectivity index (χ2v) is 4.77. The second-order valence-electron chi connectivity index (χ2n) is 4.36. The standard InChI is InChI=1S/C15H17ClN2O/c1-10-6-7-14(13(17)8-10)18-9-11-12(16)4-3-5-15(11)19-2/h3-8,18H,9,17H2,1-2H3. The van der Waals surface area contributed by atoms with E-state index in [9.17, 15) is 0 Å². The number of methoxy groups -OCH3 is 1. The second kappa shape index (κ2) is 5.85. The summed E-state index contributed by atoms with van der Waals surface area (Å²) in [7, 11) is 1.63. The SMILES string of the molecule is COc1cccc(Cl)c1CNc1ccc(C)cc1N. The molecule has 0 aliphatic heterocycles. The fourth-order valence-corrected chi connectivity index (χ4v) is 2.16. The molecule has 0 aliphatic rings. The summed E-state index contributed by atoms with van der Waals surface area (Å²) in [6.07, 6.45) is 0. The largest absolute Gasteiger partial charge is 0.496 e. The normalized spacial score (nSPS) is 10.3. The van der Waals surface area contributed by atoms with Crippen LogP contribution in [0.5, 0.6) is 5.75 Å². The zero-order valence-corrected chi connectivity index (χ0v) is 11.8. The Labute approximate surface area is 118 Å². The molecule has 3 N–H and O–H groups in total. The zero-order chi connectivity index (χ0) is 13.8. The van der Waals surface area contributed by atoms with E-state index in [0.29, 0.717) is 11.6 Å². The molecule has 3 nitrogen and oxygen atoms in total. The van der Waals surface area contributed by atoms with E-state index in [1.807, 2.05) is 43.3 Å². The monoisotopic (exact) mass is 276 g/mol. The van der Waals surface area contributed by atoms with Crippen molar-refractivity contribution in [1.29, 1.82) is 0 Å². The molecule has 2 aromatic rings. The molecule has 0 radical (unpaired) electrons. The van der Waals surface area contributed by atoms with Gasteiger partial charge in [-0.2, -0.15) is 0 Å². The molecular weight excluding hydrogens is 260 g/mol. The number of benzene rings is 2. The van der Waals surface area contributed by atoms with Crippen molar-refractivity contribution in [1.82, 2.24) is 0 Å². The van der Waals surface area contributed by atoms with Gasteiger partial charge in [0.15, 0.2) is 0 Å². The van der Waals surface area contributed by atoms with Crippen LogP contribution in [-0.4, -0.2) is 7.11 Å². The predicted molar refractivity (Wildman–Crippen MR) is 80.9 cm³/mol. The van der Waals surface area contributed by atoms with E-state index in [4.69, 9.17) is 22.1 Å². The Morgan fingerprint density at radius 2 is 2.05 bits per heavy atom. The van der Waals surface area contributed by atoms with Crippen LogP contribution >= 0.6 is 11.6 Å². The number of anilines is 2. The maximum absolute atomic E-state index is 6.19. The minimum atomic E-state index is 0.566. The Morgan fingerprint density at radius 3 is 2.74 bits per heavy atom. The van der Waals surface area contributed by atoms with Crippen molar-refractivity contribution >= 4 is 23.0 Å². The molecule has 2 aromatic carbocycles. The molecule has 0 bridgehead atoms. The third-order valence-corrected chi connectivity index (χ3v) is 3.31. The minimum absolute atomic E-state index is 0.566. The first-order valence-corrected chi connectivity index (χ1v) is 6.41. The molecular formula is C15H17ClN2O. The van der Waals surface area contributed by atoms with E-state index in [0.717, 1.165) is 28.3 Å². The molecule has 0 aliphatic carbocycles. The van der Waals surface area contributed by atoms with Crippen LogP contribution in [0.15, 0.2) is 36.4 Å². The lowest BCUT2D eigenvalue weighted by atomic mass is 10.1. The summed E-state index contributed by atoms with van der Waals surface area (Å²) in [5, 5.41) is 3.96. The van der Waals surface area contributed by atoms with Gasteiger partial charge in [0, 0.05) is 17.1 Å². The van der Waals surface area contributed by atoms with Crippen molar-refractivity contribution in [3.63, 3.8) is 0 Å². The van der Waals surface area contributed by atoms with Crippen LogP contribution in [0.3, 0.4) is 0 Å². The van der Waals surface area contributed by atoms with Gasteiger partial charge >= 0.3 is 0 Å². The molecule has 0 atom stereocenters. The number of nitrogen functional groups attached to an aromatic ring is 1. The third-order valence-electron chi connectivity index (χ3n) is 2.96. The van der Waals surface area contributed by atoms with Gasteiger partial charge in [-0.15, -0.1) is 0 Å². The van der Waals surface area contributed by atoms with Crippen molar-refractivity contribution in [3.05, 3.63) is 52.5 Å². The van der Waals surface area contributed by atoms with Crippen LogP contribution in [0.25, 0.3) is 0 Å². The van der Waals surface area contributed by atoms with Gasteiger partial charge in [0.1, 0.15) is 5.75 Å². The Hall–Kier alpha value is -1.87. The number of hydrogen-bond acceptors (Lipinski definition) is 3. The molecule has 0 aromatic heterocycles. The summed E-state index contributed by atoms with van der Waals surface area (Å²) in [6.45, 7) is 2.58. The number of halogens is 1. The molecule has 0 saturated carbocycles. The fourth-order valence-electron chi connectivity index (χ4n) is 1.93. The Morgan fingerprint density at radius 1 is 1.26 bits per heavy atom. The molecule has 0 fully saturated rings. The van der Waals surface area contributed by atoms with E-state index < -0.39 is 0 Å². The van der Waals surface area contributed by atoms with Crippen LogP contribution < -0.4 is 15.8 Å². The Bertz CT molecular complexity index is 584. The quantitative estimate of drug-likeness (QED) is 0.834. The molecule has 100 valence electrons. The maximum Gasteiger partial charge on any atom is 0.125 e. The lowest BCUT2D eigenvalue weighted by Gasteiger charge is -2.13. The van der Waals surface area contributed by atoms with Gasteiger partial charge in [-0.1, -0.05) is 23.7 Å². The molecule has 2 rings (SSSR count). The molecule has 0 saturated heterocycles. The highest BCUT2D eigenvalue weighted by atomic mass is 35.5. The number of nitrogens with two attached hydrogens (primary N) is 1. The van der Waals surface area contributed by atoms with Crippen LogP contribution in [0.4, 0.5) is 11.4 Å². The first kappa shape index (κ1) is 13.6. The first-order valence-electron chi connectivity index (χ1n) is 6.03. The summed E-state index contributed by atoms with van der Waals surface area (Å²) < 4.78 is 5.31. The van der Waals surface area contributed by atoms with Gasteiger partial charge in [-0.05, 0) is 36.8 Å². The average Bonchev–Trinajstić information content (AvgIpc) is 2.39. The van der Waals surface area contributed by atoms with Crippen molar-refractivity contribution in [2.24, 2.45) is 0 Å². The van der Waals surface area contributed by atoms with Crippen LogP contribution in [0, 0.1) is 6.92 Å². The minimum Gasteiger partial charge on any atom is -0.496 e. The van der Waals surface area contributed by atoms with Gasteiger partial charge in [0.25, 0.3) is 0 Å². The highest BCUT2D eigenvalue weighted by Crippen LogP contribution is 2.28. The van der Waals surface area contributed by atoms with Crippen molar-refractivity contribution in [3.8, 4) is 5.75 Å². The van der Waals surface area contributed by atoms with Gasteiger partial charge in [0.05, 0.1) is 18.5 Å². The fraction of sp³-hybridized carbons (Fsp3) is 0.200. The van der Waals surface area contributed by atoms with Crippen molar-refractivity contribution in [2.45, 2.75) is 13.5 Å². The van der Waals surface area contributed by atoms with Crippen molar-refractivity contribution < 1.29 is 4.74 Å². The lowest BCUT2D eigenvalue weighted by Crippen LogP contribution is -2.04. The van der Waals surface area contributed by atoms with Crippen LogP contribution in [-0.2, 0) is 6.54 Å². The molecule has 0 spiro atoms. The Kier molecular flexibility index (Phi) is 4.17. The highest BCUT2D eigenvalue weighted by molar-refractivity contribution is 6.31. The topological polar surface area (TPSA) is 47.3 Å². The van der Waals surface area contributed by atoms with Crippen LogP contribution in [0.1, 0.15) is 11.1 Å². The van der Waals surface area contributed by atoms with Gasteiger partial charge < -0.3 is 15.8 Å². The predicted octanol–water partition coefficient (Wildman–Crippen LogP) is 3.85. The highest BCUT2D eigenvalue weighted by Gasteiger charge is 2.08. The number of aryl methyl sites for hydroxylation is 1. The van der Waals surface area contributed by atoms with Gasteiger partial charge in [-0.3, -0.25) is 0 Å². The average molecular weight is 277 g/mol. The summed E-state index contributed by atoms with van der Waals surface area (Å²) in [5.41, 5.74) is 9.65. The van der Waals surface area contributed by atoms with Gasteiger partial charge in [0.2, 0.25) is 0 Å². The number of nitrogens with one attached hydrogen (secondary N) is 1. The van der Waals surface area contributed by atoms with Crippen molar-refractivity contribution in [2.75, 3.05) is 18.2 Å². The summed E-state index contributed by atoms with van der Waals surface area (Å²) in [5.74, 6) is 0.769. The molecule has 0 amide bonds. The van der Waals surface area contributed by atoms with E-state index in [1.54, 1.807) is 7.11 Å². The smallest absolute Gasteiger partial charge is 0.125 e. The van der Waals surface area contributed by atoms with E-state index in [-0.39, 0.29) is 0 Å². The third kappa shape index (κ3) is 3.12. The molecule has 0 heterocycles. The Balaban J connectivity index is 2.19. The summed E-state index contributed by atoms with van der Waals surface area (Å²) in [4.78, 5) is 0. The van der Waals surface area contributed by atoms with E-state index >= 15 is 0 Å². The molecule has 4 heteroatoms. The number of ether oxygens (including phenoxy) is 1.